The van der Waals surface area contributed by atoms with Gasteiger partial charge >= 0.3 is 0 Å². The first-order chi connectivity index (χ1) is 13.3. The standard InChI is InChI=1S/C19H34N6O2.HI/c1-3-17-23-18-7-6-16(12-25(18)24-17)22-19(20-4-2)21-9-5-10-26-13-15-8-11-27-14-15;/h15-16H,3-14H2,1-2H3,(H2,20,21,22);1H. The molecule has 1 aromatic rings. The van der Waals surface area contributed by atoms with Crippen LogP contribution in [0, 0.1) is 5.92 Å². The number of hydrogen-bond acceptors (Lipinski definition) is 5. The molecule has 28 heavy (non-hydrogen) atoms. The number of aromatic nitrogens is 3. The van der Waals surface area contributed by atoms with Gasteiger partial charge in [0.25, 0.3) is 0 Å². The number of halogens is 1. The Hall–Kier alpha value is -0.940. The molecule has 0 bridgehead atoms. The van der Waals surface area contributed by atoms with Crippen molar-refractivity contribution in [2.45, 2.75) is 58.5 Å². The lowest BCUT2D eigenvalue weighted by Crippen LogP contribution is -2.47. The zero-order chi connectivity index (χ0) is 18.9. The summed E-state index contributed by atoms with van der Waals surface area (Å²) in [5.74, 6) is 3.51. The average molecular weight is 506 g/mol. The maximum absolute atomic E-state index is 5.75. The highest BCUT2D eigenvalue weighted by Crippen LogP contribution is 2.14. The van der Waals surface area contributed by atoms with Crippen molar-refractivity contribution in [3.63, 3.8) is 0 Å². The monoisotopic (exact) mass is 506 g/mol. The number of nitrogens with one attached hydrogen (secondary N) is 2. The Kier molecular flexibility index (Phi) is 10.5. The third-order valence-electron chi connectivity index (χ3n) is 5.00. The lowest BCUT2D eigenvalue weighted by atomic mass is 10.1. The van der Waals surface area contributed by atoms with E-state index in [9.17, 15) is 0 Å². The van der Waals surface area contributed by atoms with Crippen LogP contribution in [0.15, 0.2) is 4.99 Å². The number of aryl methyl sites for hydroxylation is 2. The molecule has 0 saturated carbocycles. The first-order valence-corrected chi connectivity index (χ1v) is 10.4. The highest BCUT2D eigenvalue weighted by atomic mass is 127. The van der Waals surface area contributed by atoms with Crippen LogP contribution in [0.3, 0.4) is 0 Å². The summed E-state index contributed by atoms with van der Waals surface area (Å²) in [5.41, 5.74) is 0. The molecule has 1 saturated heterocycles. The van der Waals surface area contributed by atoms with Gasteiger partial charge < -0.3 is 20.1 Å². The van der Waals surface area contributed by atoms with E-state index in [2.05, 4.69) is 34.6 Å². The van der Waals surface area contributed by atoms with Gasteiger partial charge in [-0.1, -0.05) is 6.92 Å². The number of guanidine groups is 1. The van der Waals surface area contributed by atoms with E-state index >= 15 is 0 Å². The quantitative estimate of drug-likeness (QED) is 0.230. The maximum atomic E-state index is 5.75. The summed E-state index contributed by atoms with van der Waals surface area (Å²) < 4.78 is 13.2. The van der Waals surface area contributed by atoms with E-state index in [1.54, 1.807) is 0 Å². The van der Waals surface area contributed by atoms with Crippen molar-refractivity contribution >= 4 is 29.9 Å². The smallest absolute Gasteiger partial charge is 0.191 e. The summed E-state index contributed by atoms with van der Waals surface area (Å²) >= 11 is 0. The number of aliphatic imine (C=N–C) groups is 1. The molecule has 1 aromatic heterocycles. The van der Waals surface area contributed by atoms with Crippen molar-refractivity contribution in [2.24, 2.45) is 10.9 Å². The van der Waals surface area contributed by atoms with Crippen LogP contribution in [-0.2, 0) is 28.9 Å². The minimum atomic E-state index is 0. The predicted octanol–water partition coefficient (Wildman–Crippen LogP) is 1.77. The van der Waals surface area contributed by atoms with E-state index < -0.39 is 0 Å². The molecule has 9 heteroatoms. The average Bonchev–Trinajstić information content (AvgIpc) is 3.33. The van der Waals surface area contributed by atoms with Gasteiger partial charge in [0.05, 0.1) is 19.8 Å². The Morgan fingerprint density at radius 1 is 1.36 bits per heavy atom. The summed E-state index contributed by atoms with van der Waals surface area (Å²) in [4.78, 5) is 9.28. The van der Waals surface area contributed by atoms with Gasteiger partial charge in [0.1, 0.15) is 5.82 Å². The summed E-state index contributed by atoms with van der Waals surface area (Å²) in [5, 5.41) is 11.5. The molecule has 0 aliphatic carbocycles. The van der Waals surface area contributed by atoms with Gasteiger partial charge in [0, 0.05) is 51.1 Å². The van der Waals surface area contributed by atoms with Gasteiger partial charge in [-0.25, -0.2) is 9.67 Å². The first kappa shape index (κ1) is 23.3. The van der Waals surface area contributed by atoms with Crippen molar-refractivity contribution in [3.05, 3.63) is 11.6 Å². The van der Waals surface area contributed by atoms with Crippen LogP contribution in [0.5, 0.6) is 0 Å². The predicted molar refractivity (Wildman–Crippen MR) is 120 cm³/mol. The third kappa shape index (κ3) is 7.14. The summed E-state index contributed by atoms with van der Waals surface area (Å²) in [6, 6.07) is 0.334. The normalized spacial score (nSPS) is 21.9. The largest absolute Gasteiger partial charge is 0.381 e. The fourth-order valence-corrected chi connectivity index (χ4v) is 3.46. The molecule has 8 nitrogen and oxygen atoms in total. The van der Waals surface area contributed by atoms with E-state index in [0.29, 0.717) is 12.0 Å². The second-order valence-corrected chi connectivity index (χ2v) is 7.28. The Balaban J connectivity index is 0.00000280. The highest BCUT2D eigenvalue weighted by molar-refractivity contribution is 14.0. The molecular weight excluding hydrogens is 471 g/mol. The molecule has 0 aromatic carbocycles. The molecule has 0 spiro atoms. The Bertz CT molecular complexity index is 603. The summed E-state index contributed by atoms with van der Waals surface area (Å²) in [6.07, 6.45) is 4.96. The van der Waals surface area contributed by atoms with E-state index in [-0.39, 0.29) is 24.0 Å². The van der Waals surface area contributed by atoms with Gasteiger partial charge in [-0.3, -0.25) is 4.99 Å². The number of rotatable bonds is 9. The second kappa shape index (κ2) is 12.6. The molecule has 2 unspecified atom stereocenters. The van der Waals surface area contributed by atoms with Crippen LogP contribution in [0.1, 0.15) is 44.8 Å². The van der Waals surface area contributed by atoms with Gasteiger partial charge in [-0.15, -0.1) is 24.0 Å². The van der Waals surface area contributed by atoms with Crippen molar-refractivity contribution in [1.82, 2.24) is 25.4 Å². The van der Waals surface area contributed by atoms with E-state index in [4.69, 9.17) is 14.5 Å². The number of hydrogen-bond donors (Lipinski definition) is 2. The maximum Gasteiger partial charge on any atom is 0.191 e. The minimum Gasteiger partial charge on any atom is -0.381 e. The molecule has 2 aliphatic heterocycles. The van der Waals surface area contributed by atoms with Crippen LogP contribution in [0.25, 0.3) is 0 Å². The Labute approximate surface area is 185 Å². The van der Waals surface area contributed by atoms with Crippen molar-refractivity contribution in [1.29, 1.82) is 0 Å². The zero-order valence-corrected chi connectivity index (χ0v) is 19.5. The second-order valence-electron chi connectivity index (χ2n) is 7.28. The molecule has 2 N–H and O–H groups in total. The topological polar surface area (TPSA) is 85.6 Å². The molecular formula is C19H35IN6O2. The first-order valence-electron chi connectivity index (χ1n) is 10.4. The molecule has 160 valence electrons. The van der Waals surface area contributed by atoms with Crippen LogP contribution in [-0.4, -0.2) is 66.3 Å². The van der Waals surface area contributed by atoms with Crippen LogP contribution >= 0.6 is 24.0 Å². The lowest BCUT2D eigenvalue weighted by molar-refractivity contribution is 0.0893. The third-order valence-corrected chi connectivity index (χ3v) is 5.00. The lowest BCUT2D eigenvalue weighted by Gasteiger charge is -2.25. The van der Waals surface area contributed by atoms with E-state index in [0.717, 1.165) is 95.8 Å². The van der Waals surface area contributed by atoms with Crippen LogP contribution in [0.4, 0.5) is 0 Å². The Morgan fingerprint density at radius 2 is 2.25 bits per heavy atom. The molecule has 2 atom stereocenters. The highest BCUT2D eigenvalue weighted by Gasteiger charge is 2.22. The zero-order valence-electron chi connectivity index (χ0n) is 17.2. The van der Waals surface area contributed by atoms with Gasteiger partial charge in [-0.2, -0.15) is 5.10 Å². The SMILES string of the molecule is CCNC(=NCCCOCC1CCOC1)NC1CCc2nc(CC)nn2C1.I. The van der Waals surface area contributed by atoms with Crippen molar-refractivity contribution in [3.8, 4) is 0 Å². The summed E-state index contributed by atoms with van der Waals surface area (Å²) in [7, 11) is 0. The van der Waals surface area contributed by atoms with Gasteiger partial charge in [-0.05, 0) is 26.2 Å². The van der Waals surface area contributed by atoms with Crippen LogP contribution in [0.2, 0.25) is 0 Å². The number of ether oxygens (including phenoxy) is 2. The van der Waals surface area contributed by atoms with E-state index in [1.807, 2.05) is 4.68 Å². The fourth-order valence-electron chi connectivity index (χ4n) is 3.46. The molecule has 0 radical (unpaired) electrons. The van der Waals surface area contributed by atoms with Crippen molar-refractivity contribution < 1.29 is 9.47 Å². The number of fused-ring (bicyclic) bond motifs is 1. The van der Waals surface area contributed by atoms with E-state index in [1.165, 1.54) is 0 Å². The molecule has 0 amide bonds. The molecule has 2 aliphatic rings. The summed E-state index contributed by atoms with van der Waals surface area (Å²) in [6.45, 7) is 9.94. The van der Waals surface area contributed by atoms with Gasteiger partial charge in [0.2, 0.25) is 0 Å². The molecule has 1 fully saturated rings. The molecule has 3 rings (SSSR count). The number of nitrogens with zero attached hydrogens (tertiary/aromatic N) is 4. The Morgan fingerprint density at radius 3 is 3.00 bits per heavy atom. The van der Waals surface area contributed by atoms with Gasteiger partial charge in [0.15, 0.2) is 11.8 Å². The fraction of sp³-hybridized carbons (Fsp3) is 0.842. The van der Waals surface area contributed by atoms with Crippen LogP contribution < -0.4 is 10.6 Å². The minimum absolute atomic E-state index is 0. The van der Waals surface area contributed by atoms with Crippen molar-refractivity contribution in [2.75, 3.05) is 39.5 Å². The molecule has 3 heterocycles.